The zero-order chi connectivity index (χ0) is 34.1. The fraction of sp³-hybridized carbons (Fsp3) is 0.174. The van der Waals surface area contributed by atoms with Crippen LogP contribution in [-0.2, 0) is 0 Å². The van der Waals surface area contributed by atoms with E-state index >= 15 is 0 Å². The van der Waals surface area contributed by atoms with Crippen LogP contribution in [0, 0.1) is 27.7 Å². The molecule has 0 aliphatic heterocycles. The second-order valence-corrected chi connectivity index (χ2v) is 15.1. The van der Waals surface area contributed by atoms with Gasteiger partial charge < -0.3 is 10.2 Å². The SMILES string of the molecule is Cc1cc2c(cc1C)C1c3cc(C)c(C)cc3C2c2c(O)c3c(c(O)c21)C(=O)c1cc2c(cc1C3=O)C1c3ccccc3C2c2ccccc21. The first-order chi connectivity index (χ1) is 24.2. The van der Waals surface area contributed by atoms with Crippen LogP contribution in [0.3, 0.4) is 0 Å². The summed E-state index contributed by atoms with van der Waals surface area (Å²) in [6.07, 6.45) is 0. The molecule has 4 heteroatoms. The monoisotopic (exact) mass is 648 g/mol. The molecule has 0 saturated heterocycles. The lowest BCUT2D eigenvalue weighted by atomic mass is 9.58. The van der Waals surface area contributed by atoms with Crippen LogP contribution < -0.4 is 0 Å². The predicted octanol–water partition coefficient (Wildman–Crippen LogP) is 9.08. The summed E-state index contributed by atoms with van der Waals surface area (Å²) in [6, 6.07) is 29.5. The maximum absolute atomic E-state index is 14.8. The molecule has 4 bridgehead atoms. The van der Waals surface area contributed by atoms with Crippen molar-refractivity contribution in [1.29, 1.82) is 0 Å². The summed E-state index contributed by atoms with van der Waals surface area (Å²) in [4.78, 5) is 29.5. The van der Waals surface area contributed by atoms with E-state index in [-0.39, 0.29) is 57.4 Å². The molecule has 240 valence electrons. The molecule has 0 radical (unpaired) electrons. The van der Waals surface area contributed by atoms with Gasteiger partial charge in [-0.25, -0.2) is 0 Å². The van der Waals surface area contributed by atoms with Gasteiger partial charge in [0.05, 0.1) is 11.1 Å². The molecule has 0 amide bonds. The molecule has 0 spiro atoms. The van der Waals surface area contributed by atoms with Crippen molar-refractivity contribution in [2.24, 2.45) is 0 Å². The highest BCUT2D eigenvalue weighted by Gasteiger charge is 2.50. The van der Waals surface area contributed by atoms with Gasteiger partial charge in [0, 0.05) is 45.9 Å². The Hall–Kier alpha value is -5.74. The summed E-state index contributed by atoms with van der Waals surface area (Å²) in [7, 11) is 0. The highest BCUT2D eigenvalue weighted by molar-refractivity contribution is 6.31. The van der Waals surface area contributed by atoms with Gasteiger partial charge in [-0.3, -0.25) is 9.59 Å². The van der Waals surface area contributed by atoms with E-state index in [0.717, 1.165) is 55.6 Å². The Labute approximate surface area is 289 Å². The van der Waals surface area contributed by atoms with Crippen molar-refractivity contribution >= 4 is 11.6 Å². The smallest absolute Gasteiger partial charge is 0.198 e. The van der Waals surface area contributed by atoms with Crippen molar-refractivity contribution < 1.29 is 19.8 Å². The van der Waals surface area contributed by atoms with Gasteiger partial charge in [0.2, 0.25) is 0 Å². The zero-order valence-electron chi connectivity index (χ0n) is 28.1. The number of hydrogen-bond acceptors (Lipinski definition) is 4. The Morgan fingerprint density at radius 3 is 0.980 bits per heavy atom. The van der Waals surface area contributed by atoms with Crippen LogP contribution in [0.5, 0.6) is 11.5 Å². The number of aryl methyl sites for hydroxylation is 4. The summed E-state index contributed by atoms with van der Waals surface area (Å²) < 4.78 is 0. The van der Waals surface area contributed by atoms with Gasteiger partial charge in [0.15, 0.2) is 11.6 Å². The maximum atomic E-state index is 14.8. The fourth-order valence-corrected chi connectivity index (χ4v) is 10.3. The van der Waals surface area contributed by atoms with Crippen LogP contribution in [0.2, 0.25) is 0 Å². The second kappa shape index (κ2) is 9.08. The van der Waals surface area contributed by atoms with Crippen molar-refractivity contribution in [2.45, 2.75) is 51.4 Å². The normalized spacial score (nSPS) is 20.6. The Morgan fingerprint density at radius 2 is 0.680 bits per heavy atom. The van der Waals surface area contributed by atoms with Gasteiger partial charge >= 0.3 is 0 Å². The minimum absolute atomic E-state index is 0.0651. The molecular weight excluding hydrogens is 617 g/mol. The van der Waals surface area contributed by atoms with Crippen LogP contribution >= 0.6 is 0 Å². The number of carbonyl (C=O) groups excluding carboxylic acids is 2. The second-order valence-electron chi connectivity index (χ2n) is 15.1. The van der Waals surface area contributed by atoms with Crippen molar-refractivity contribution in [3.63, 3.8) is 0 Å². The van der Waals surface area contributed by atoms with E-state index in [1.54, 1.807) is 0 Å². The maximum Gasteiger partial charge on any atom is 0.198 e. The van der Waals surface area contributed by atoms with E-state index in [1.807, 2.05) is 12.1 Å². The van der Waals surface area contributed by atoms with E-state index in [9.17, 15) is 19.8 Å². The molecule has 0 fully saturated rings. The van der Waals surface area contributed by atoms with E-state index < -0.39 is 11.6 Å². The molecule has 2 N–H and O–H groups in total. The standard InChI is InChI=1S/C46H32O4/c1-19-13-27-28(14-20(19)2)38-30-16-22(4)21(3)15-29(30)37(27)39-40(38)46(50)42-41(45(39)49)43(47)33-17-31-32(18-34(33)44(42)48)36-25-11-7-5-9-23(25)35(31)24-10-6-8-12-26(24)36/h5-18,35-38,49-50H,1-4H3. The number of hydrogen-bond donors (Lipinski definition) is 2. The molecule has 7 aliphatic carbocycles. The van der Waals surface area contributed by atoms with E-state index in [4.69, 9.17) is 0 Å². The van der Waals surface area contributed by atoms with Gasteiger partial charge in [-0.15, -0.1) is 0 Å². The van der Waals surface area contributed by atoms with Gasteiger partial charge in [-0.1, -0.05) is 72.8 Å². The number of phenols is 2. The molecule has 7 aliphatic rings. The Bertz CT molecular complexity index is 2390. The summed E-state index contributed by atoms with van der Waals surface area (Å²) in [5.41, 5.74) is 17.3. The van der Waals surface area contributed by atoms with Gasteiger partial charge in [0.25, 0.3) is 0 Å². The van der Waals surface area contributed by atoms with E-state index in [1.165, 1.54) is 22.3 Å². The van der Waals surface area contributed by atoms with Gasteiger partial charge in [-0.05, 0) is 118 Å². The summed E-state index contributed by atoms with van der Waals surface area (Å²) in [5, 5.41) is 24.7. The zero-order valence-corrected chi connectivity index (χ0v) is 28.1. The third-order valence-corrected chi connectivity index (χ3v) is 12.8. The largest absolute Gasteiger partial charge is 0.507 e. The van der Waals surface area contributed by atoms with Crippen LogP contribution in [0.25, 0.3) is 0 Å². The molecule has 0 aromatic heterocycles. The average Bonchev–Trinajstić information content (AvgIpc) is 3.12. The first-order valence-corrected chi connectivity index (χ1v) is 17.4. The number of phenolic OH excluding ortho intramolecular Hbond substituents is 2. The lowest BCUT2D eigenvalue weighted by Crippen LogP contribution is -2.32. The number of fused-ring (bicyclic) bond motifs is 2. The number of benzene rings is 6. The molecule has 0 saturated carbocycles. The number of ketones is 2. The molecule has 0 unspecified atom stereocenters. The molecule has 50 heavy (non-hydrogen) atoms. The molecule has 0 atom stereocenters. The molecule has 6 aromatic carbocycles. The summed E-state index contributed by atoms with van der Waals surface area (Å²) in [5.74, 6) is -2.10. The molecular formula is C46H32O4. The minimum Gasteiger partial charge on any atom is -0.507 e. The van der Waals surface area contributed by atoms with Crippen LogP contribution in [0.1, 0.15) is 145 Å². The van der Waals surface area contributed by atoms with Crippen LogP contribution in [0.15, 0.2) is 84.9 Å². The quantitative estimate of drug-likeness (QED) is 0.161. The number of aromatic hydroxyl groups is 2. The van der Waals surface area contributed by atoms with Crippen molar-refractivity contribution in [1.82, 2.24) is 0 Å². The predicted molar refractivity (Wildman–Crippen MR) is 192 cm³/mol. The summed E-state index contributed by atoms with van der Waals surface area (Å²) >= 11 is 0. The molecule has 13 rings (SSSR count). The summed E-state index contributed by atoms with van der Waals surface area (Å²) in [6.45, 7) is 8.36. The lowest BCUT2D eigenvalue weighted by Gasteiger charge is -2.44. The van der Waals surface area contributed by atoms with Gasteiger partial charge in [-0.2, -0.15) is 0 Å². The van der Waals surface area contributed by atoms with Crippen molar-refractivity contribution in [2.75, 3.05) is 0 Å². The Balaban J connectivity index is 1.17. The van der Waals surface area contributed by atoms with E-state index in [2.05, 4.69) is 100 Å². The van der Waals surface area contributed by atoms with Crippen molar-refractivity contribution in [3.8, 4) is 11.5 Å². The lowest BCUT2D eigenvalue weighted by molar-refractivity contribution is 0.0973. The first-order valence-electron chi connectivity index (χ1n) is 17.4. The molecule has 6 aromatic rings. The molecule has 4 nitrogen and oxygen atoms in total. The first kappa shape index (κ1) is 28.1. The van der Waals surface area contributed by atoms with Gasteiger partial charge in [0.1, 0.15) is 11.5 Å². The van der Waals surface area contributed by atoms with E-state index in [0.29, 0.717) is 11.1 Å². The molecule has 0 heterocycles. The third kappa shape index (κ3) is 3.10. The highest BCUT2D eigenvalue weighted by Crippen LogP contribution is 2.63. The Kier molecular flexibility index (Phi) is 5.11. The highest BCUT2D eigenvalue weighted by atomic mass is 16.3. The Morgan fingerprint density at radius 1 is 0.400 bits per heavy atom. The average molecular weight is 649 g/mol. The number of rotatable bonds is 0. The van der Waals surface area contributed by atoms with Crippen LogP contribution in [0.4, 0.5) is 0 Å². The van der Waals surface area contributed by atoms with Crippen molar-refractivity contribution in [3.05, 3.63) is 196 Å². The topological polar surface area (TPSA) is 74.6 Å². The third-order valence-electron chi connectivity index (χ3n) is 12.8. The minimum atomic E-state index is -0.418. The van der Waals surface area contributed by atoms with Crippen LogP contribution in [-0.4, -0.2) is 21.8 Å². The fourth-order valence-electron chi connectivity index (χ4n) is 10.3. The number of carbonyl (C=O) groups is 2.